The van der Waals surface area contributed by atoms with Crippen molar-refractivity contribution >= 4 is 39.8 Å². The highest BCUT2D eigenvalue weighted by atomic mass is 32.2. The number of rotatable bonds is 3. The molecule has 3 aromatic rings. The summed E-state index contributed by atoms with van der Waals surface area (Å²) >= 11 is 0.958. The average Bonchev–Trinajstić information content (AvgIpc) is 2.90. The number of carbonyl (C=O) groups is 2. The number of thioether (sulfide) groups is 1. The maximum absolute atomic E-state index is 12.6. The van der Waals surface area contributed by atoms with E-state index in [-0.39, 0.29) is 17.7 Å². The van der Waals surface area contributed by atoms with E-state index in [1.807, 2.05) is 54.6 Å². The Labute approximate surface area is 149 Å². The van der Waals surface area contributed by atoms with Crippen molar-refractivity contribution in [1.29, 1.82) is 0 Å². The van der Waals surface area contributed by atoms with Crippen molar-refractivity contribution in [1.82, 2.24) is 9.88 Å². The fourth-order valence-corrected chi connectivity index (χ4v) is 3.57. The molecule has 1 aliphatic heterocycles. The molecule has 1 aromatic heterocycles. The molecular formula is C20H14N2O2S. The molecule has 1 fully saturated rings. The zero-order chi connectivity index (χ0) is 17.2. The molecular weight excluding hydrogens is 332 g/mol. The molecule has 5 heteroatoms. The standard InChI is InChI=1S/C20H14N2O2S/c23-19-18(12-17-7-3-4-10-21-17)25-20(24)22(19)13-14-8-9-15-5-1-2-6-16(15)11-14/h1-12H,13H2/b18-12-. The first-order chi connectivity index (χ1) is 12.2. The summed E-state index contributed by atoms with van der Waals surface area (Å²) in [5.41, 5.74) is 1.60. The van der Waals surface area contributed by atoms with E-state index in [0.717, 1.165) is 28.1 Å². The van der Waals surface area contributed by atoms with Crippen LogP contribution in [0, 0.1) is 0 Å². The van der Waals surface area contributed by atoms with E-state index in [0.29, 0.717) is 10.6 Å². The van der Waals surface area contributed by atoms with Crippen molar-refractivity contribution in [2.24, 2.45) is 0 Å². The molecule has 0 N–H and O–H groups in total. The van der Waals surface area contributed by atoms with E-state index in [9.17, 15) is 9.59 Å². The summed E-state index contributed by atoms with van der Waals surface area (Å²) in [4.78, 5) is 30.7. The summed E-state index contributed by atoms with van der Waals surface area (Å²) in [5.74, 6) is -0.270. The topological polar surface area (TPSA) is 50.3 Å². The van der Waals surface area contributed by atoms with E-state index >= 15 is 0 Å². The minimum Gasteiger partial charge on any atom is -0.268 e. The van der Waals surface area contributed by atoms with Crippen molar-refractivity contribution in [3.8, 4) is 0 Å². The minimum atomic E-state index is -0.270. The fourth-order valence-electron chi connectivity index (χ4n) is 2.75. The molecule has 1 aliphatic rings. The van der Waals surface area contributed by atoms with Gasteiger partial charge in [0, 0.05) is 6.20 Å². The van der Waals surface area contributed by atoms with Crippen molar-refractivity contribution in [2.75, 3.05) is 0 Å². The van der Waals surface area contributed by atoms with Crippen LogP contribution in [0.1, 0.15) is 11.3 Å². The Hall–Kier alpha value is -2.92. The molecule has 2 aromatic carbocycles. The molecule has 0 spiro atoms. The van der Waals surface area contributed by atoms with E-state index < -0.39 is 0 Å². The Morgan fingerprint density at radius 1 is 0.960 bits per heavy atom. The predicted molar refractivity (Wildman–Crippen MR) is 99.7 cm³/mol. The number of aromatic nitrogens is 1. The third kappa shape index (κ3) is 3.19. The molecule has 2 heterocycles. The smallest absolute Gasteiger partial charge is 0.268 e. The summed E-state index contributed by atoms with van der Waals surface area (Å²) in [7, 11) is 0. The molecule has 0 bridgehead atoms. The van der Waals surface area contributed by atoms with Gasteiger partial charge in [-0.15, -0.1) is 0 Å². The van der Waals surface area contributed by atoms with Gasteiger partial charge in [0.15, 0.2) is 0 Å². The van der Waals surface area contributed by atoms with Crippen molar-refractivity contribution < 1.29 is 9.59 Å². The number of hydrogen-bond acceptors (Lipinski definition) is 4. The van der Waals surface area contributed by atoms with Crippen molar-refractivity contribution in [3.63, 3.8) is 0 Å². The Bertz CT molecular complexity index is 999. The third-order valence-electron chi connectivity index (χ3n) is 3.99. The molecule has 2 amide bonds. The Balaban J connectivity index is 1.59. The molecule has 1 saturated heterocycles. The minimum absolute atomic E-state index is 0.250. The van der Waals surface area contributed by atoms with Crippen LogP contribution in [0.15, 0.2) is 71.8 Å². The zero-order valence-corrected chi connectivity index (χ0v) is 14.1. The van der Waals surface area contributed by atoms with Gasteiger partial charge in [0.25, 0.3) is 11.1 Å². The lowest BCUT2D eigenvalue weighted by Gasteiger charge is -2.13. The van der Waals surface area contributed by atoms with Crippen LogP contribution in [0.2, 0.25) is 0 Å². The van der Waals surface area contributed by atoms with Crippen LogP contribution in [0.25, 0.3) is 16.8 Å². The monoisotopic (exact) mass is 346 g/mol. The fraction of sp³-hybridized carbons (Fsp3) is 0.0500. The average molecular weight is 346 g/mol. The first kappa shape index (κ1) is 15.6. The predicted octanol–water partition coefficient (Wildman–Crippen LogP) is 4.47. The largest absolute Gasteiger partial charge is 0.293 e. The number of nitrogens with zero attached hydrogens (tertiary/aromatic N) is 2. The highest BCUT2D eigenvalue weighted by Gasteiger charge is 2.35. The number of benzene rings is 2. The summed E-state index contributed by atoms with van der Waals surface area (Å²) in [6.45, 7) is 0.273. The van der Waals surface area contributed by atoms with Crippen LogP contribution in [0.3, 0.4) is 0 Å². The van der Waals surface area contributed by atoms with Gasteiger partial charge in [-0.1, -0.05) is 42.5 Å². The molecule has 4 nitrogen and oxygen atoms in total. The highest BCUT2D eigenvalue weighted by molar-refractivity contribution is 8.18. The van der Waals surface area contributed by atoms with Crippen LogP contribution in [-0.4, -0.2) is 21.0 Å². The van der Waals surface area contributed by atoms with E-state index in [1.54, 1.807) is 18.3 Å². The maximum atomic E-state index is 12.6. The normalized spacial score (nSPS) is 16.2. The first-order valence-corrected chi connectivity index (χ1v) is 8.66. The number of imide groups is 1. The second-order valence-electron chi connectivity index (χ2n) is 5.70. The van der Waals surface area contributed by atoms with Gasteiger partial charge in [0.05, 0.1) is 17.1 Å². The first-order valence-electron chi connectivity index (χ1n) is 7.85. The summed E-state index contributed by atoms with van der Waals surface area (Å²) in [6.07, 6.45) is 3.32. The number of amides is 2. The molecule has 25 heavy (non-hydrogen) atoms. The van der Waals surface area contributed by atoms with Crippen LogP contribution >= 0.6 is 11.8 Å². The van der Waals surface area contributed by atoms with Gasteiger partial charge in [0.2, 0.25) is 0 Å². The van der Waals surface area contributed by atoms with Gasteiger partial charge >= 0.3 is 0 Å². The van der Waals surface area contributed by atoms with E-state index in [4.69, 9.17) is 0 Å². The van der Waals surface area contributed by atoms with Crippen LogP contribution < -0.4 is 0 Å². The Morgan fingerprint density at radius 3 is 2.56 bits per heavy atom. The Kier molecular flexibility index (Phi) is 4.07. The molecule has 4 rings (SSSR count). The van der Waals surface area contributed by atoms with E-state index in [1.165, 1.54) is 4.90 Å². The van der Waals surface area contributed by atoms with Crippen molar-refractivity contribution in [2.45, 2.75) is 6.54 Å². The van der Waals surface area contributed by atoms with Crippen LogP contribution in [-0.2, 0) is 11.3 Å². The van der Waals surface area contributed by atoms with E-state index in [2.05, 4.69) is 4.98 Å². The number of carbonyl (C=O) groups excluding carboxylic acids is 2. The quantitative estimate of drug-likeness (QED) is 0.657. The van der Waals surface area contributed by atoms with Gasteiger partial charge < -0.3 is 0 Å². The van der Waals surface area contributed by atoms with Gasteiger partial charge in [-0.05, 0) is 52.4 Å². The van der Waals surface area contributed by atoms with Gasteiger partial charge in [-0.2, -0.15) is 0 Å². The maximum Gasteiger partial charge on any atom is 0.293 e. The summed E-state index contributed by atoms with van der Waals surface area (Å²) < 4.78 is 0. The number of hydrogen-bond donors (Lipinski definition) is 0. The molecule has 0 unspecified atom stereocenters. The zero-order valence-electron chi connectivity index (χ0n) is 13.3. The second kappa shape index (κ2) is 6.53. The van der Waals surface area contributed by atoms with Gasteiger partial charge in [-0.3, -0.25) is 19.5 Å². The van der Waals surface area contributed by atoms with Gasteiger partial charge in [-0.25, -0.2) is 0 Å². The molecule has 0 saturated carbocycles. The molecule has 0 radical (unpaired) electrons. The number of fused-ring (bicyclic) bond motifs is 1. The Morgan fingerprint density at radius 2 is 1.76 bits per heavy atom. The summed E-state index contributed by atoms with van der Waals surface area (Å²) in [5, 5.41) is 1.98. The highest BCUT2D eigenvalue weighted by Crippen LogP contribution is 2.33. The lowest BCUT2D eigenvalue weighted by atomic mass is 10.1. The molecule has 0 aliphatic carbocycles. The lowest BCUT2D eigenvalue weighted by molar-refractivity contribution is -0.123. The lowest BCUT2D eigenvalue weighted by Crippen LogP contribution is -2.27. The SMILES string of the molecule is O=C1S/C(=C\c2ccccn2)C(=O)N1Cc1ccc2ccccc2c1. The summed E-state index contributed by atoms with van der Waals surface area (Å²) in [6, 6.07) is 19.5. The van der Waals surface area contributed by atoms with Crippen LogP contribution in [0.5, 0.6) is 0 Å². The van der Waals surface area contributed by atoms with Crippen molar-refractivity contribution in [3.05, 3.63) is 83.0 Å². The number of pyridine rings is 1. The van der Waals surface area contributed by atoms with Gasteiger partial charge in [0.1, 0.15) is 0 Å². The second-order valence-corrected chi connectivity index (χ2v) is 6.70. The molecule has 0 atom stereocenters. The third-order valence-corrected chi connectivity index (χ3v) is 4.90. The van der Waals surface area contributed by atoms with Crippen LogP contribution in [0.4, 0.5) is 4.79 Å². The molecule has 122 valence electrons.